The first-order valence-electron chi connectivity index (χ1n) is 14.5. The molecule has 0 saturated heterocycles. The molecule has 8 rings (SSSR count). The highest BCUT2D eigenvalue weighted by Gasteiger charge is 2.51. The highest BCUT2D eigenvalue weighted by atomic mass is 16.6. The first-order chi connectivity index (χ1) is 21.9. The lowest BCUT2D eigenvalue weighted by atomic mass is 9.85. The molecule has 0 radical (unpaired) electrons. The number of cyclic esters (lactones) is 1. The van der Waals surface area contributed by atoms with Crippen LogP contribution in [0.5, 0.6) is 0 Å². The van der Waals surface area contributed by atoms with Crippen molar-refractivity contribution in [1.82, 2.24) is 9.55 Å². The van der Waals surface area contributed by atoms with Crippen molar-refractivity contribution in [3.05, 3.63) is 123 Å². The number of hydrogen-bond acceptors (Lipinski definition) is 9. The van der Waals surface area contributed by atoms with Crippen LogP contribution in [-0.2, 0) is 44.4 Å². The molecule has 10 heteroatoms. The number of aromatic nitrogens is 2. The number of furan rings is 2. The van der Waals surface area contributed by atoms with Gasteiger partial charge >= 0.3 is 17.9 Å². The van der Waals surface area contributed by atoms with Crippen LogP contribution in [0.25, 0.3) is 33.5 Å². The summed E-state index contributed by atoms with van der Waals surface area (Å²) < 4.78 is 24.3. The maximum Gasteiger partial charge on any atom is 0.355 e. The molecule has 1 atom stereocenters. The Balaban J connectivity index is 1.19. The van der Waals surface area contributed by atoms with Crippen LogP contribution >= 0.6 is 0 Å². The quantitative estimate of drug-likeness (QED) is 0.180. The number of rotatable bonds is 6. The normalized spacial score (nSPS) is 16.7. The number of carbonyl (C=O) groups is 3. The average molecular weight is 601 g/mol. The second-order valence-corrected chi connectivity index (χ2v) is 11.1. The molecule has 45 heavy (non-hydrogen) atoms. The fourth-order valence-electron chi connectivity index (χ4n) is 6.35. The summed E-state index contributed by atoms with van der Waals surface area (Å²) in [6.45, 7) is 1.69. The van der Waals surface area contributed by atoms with Crippen molar-refractivity contribution < 1.29 is 33.0 Å². The van der Waals surface area contributed by atoms with Crippen molar-refractivity contribution >= 4 is 40.0 Å². The van der Waals surface area contributed by atoms with Crippen molar-refractivity contribution in [3.63, 3.8) is 0 Å². The molecule has 0 aliphatic carbocycles. The third kappa shape index (κ3) is 3.98. The van der Waals surface area contributed by atoms with Crippen LogP contribution in [0.15, 0.2) is 88.1 Å². The van der Waals surface area contributed by atoms with Crippen molar-refractivity contribution in [2.75, 3.05) is 0 Å². The molecule has 0 N–H and O–H groups in total. The summed E-state index contributed by atoms with van der Waals surface area (Å²) in [6, 6.07) is 23.6. The SMILES string of the molecule is CC[C@@]1(OC(=O)c2c(C(=O)OCc3ccccc3)c3ccc2o3)C(=O)OCc2c1cc1n(c2=O)Cc2cc3ccccc3nc2-1. The summed E-state index contributed by atoms with van der Waals surface area (Å²) >= 11 is 0. The zero-order valence-electron chi connectivity index (χ0n) is 24.0. The summed E-state index contributed by atoms with van der Waals surface area (Å²) in [5.41, 5.74) is 1.68. The minimum atomic E-state index is -1.96. The third-order valence-corrected chi connectivity index (χ3v) is 8.62. The number of carbonyl (C=O) groups excluding carboxylic acids is 3. The molecule has 6 heterocycles. The Bertz CT molecular complexity index is 2250. The molecule has 2 bridgehead atoms. The molecular weight excluding hydrogens is 576 g/mol. The van der Waals surface area contributed by atoms with E-state index in [4.69, 9.17) is 23.6 Å². The zero-order chi connectivity index (χ0) is 30.9. The molecule has 6 aromatic rings. The van der Waals surface area contributed by atoms with Gasteiger partial charge in [0.1, 0.15) is 35.5 Å². The van der Waals surface area contributed by atoms with Crippen LogP contribution < -0.4 is 5.56 Å². The summed E-state index contributed by atoms with van der Waals surface area (Å²) in [7, 11) is 0. The Morgan fingerprint density at radius 1 is 0.933 bits per heavy atom. The maximum absolute atomic E-state index is 13.9. The number of ether oxygens (including phenoxy) is 3. The lowest BCUT2D eigenvalue weighted by Crippen LogP contribution is -2.47. The van der Waals surface area contributed by atoms with E-state index in [9.17, 15) is 19.2 Å². The van der Waals surface area contributed by atoms with Crippen LogP contribution in [0.1, 0.15) is 56.3 Å². The highest BCUT2D eigenvalue weighted by Crippen LogP contribution is 2.42. The Labute approximate surface area is 255 Å². The molecule has 2 aliphatic heterocycles. The van der Waals surface area contributed by atoms with Crippen LogP contribution in [0.4, 0.5) is 0 Å². The van der Waals surface area contributed by atoms with Gasteiger partial charge in [-0.05, 0) is 42.3 Å². The molecule has 222 valence electrons. The fraction of sp³-hybridized carbons (Fsp3) is 0.171. The van der Waals surface area contributed by atoms with Crippen molar-refractivity contribution in [1.29, 1.82) is 0 Å². The van der Waals surface area contributed by atoms with Gasteiger partial charge in [0.15, 0.2) is 0 Å². The van der Waals surface area contributed by atoms with E-state index < -0.39 is 23.5 Å². The van der Waals surface area contributed by atoms with E-state index in [0.717, 1.165) is 22.0 Å². The molecule has 2 aliphatic rings. The van der Waals surface area contributed by atoms with E-state index >= 15 is 0 Å². The zero-order valence-corrected chi connectivity index (χ0v) is 24.0. The molecule has 10 nitrogen and oxygen atoms in total. The van der Waals surface area contributed by atoms with E-state index in [2.05, 4.69) is 0 Å². The van der Waals surface area contributed by atoms with Gasteiger partial charge in [0, 0.05) is 16.5 Å². The number of fused-ring (bicyclic) bond motifs is 7. The molecule has 0 fully saturated rings. The Kier molecular flexibility index (Phi) is 5.89. The smallest absolute Gasteiger partial charge is 0.355 e. The molecule has 4 aromatic heterocycles. The van der Waals surface area contributed by atoms with Crippen molar-refractivity contribution in [2.24, 2.45) is 0 Å². The van der Waals surface area contributed by atoms with Gasteiger partial charge in [0.05, 0.1) is 29.0 Å². The molecular formula is C35H24N2O8. The predicted octanol–water partition coefficient (Wildman–Crippen LogP) is 5.49. The lowest BCUT2D eigenvalue weighted by molar-refractivity contribution is -0.173. The molecule has 0 saturated carbocycles. The molecule has 2 aromatic carbocycles. The van der Waals surface area contributed by atoms with Crippen molar-refractivity contribution in [2.45, 2.75) is 38.7 Å². The van der Waals surface area contributed by atoms with Crippen LogP contribution in [0.3, 0.4) is 0 Å². The standard InChI is InChI=1S/C35H24N2O8/c1-2-35(45-33(40)29-27-13-12-26(44-27)28(29)32(39)42-17-19-8-4-3-5-9-19)23-15-25-30-21(14-20-10-6-7-11-24(20)36-30)16-37(25)31(38)22(23)18-43-34(35)41/h3-15H,2,16-18H2,1H3/t35-/m0/s1. The Morgan fingerprint density at radius 3 is 2.44 bits per heavy atom. The molecule has 0 amide bonds. The maximum atomic E-state index is 13.9. The Morgan fingerprint density at radius 2 is 1.67 bits per heavy atom. The summed E-state index contributed by atoms with van der Waals surface area (Å²) in [6.07, 6.45) is -0.0326. The average Bonchev–Trinajstić information content (AvgIpc) is 3.78. The fourth-order valence-corrected chi connectivity index (χ4v) is 6.35. The predicted molar refractivity (Wildman–Crippen MR) is 161 cm³/mol. The number of esters is 3. The van der Waals surface area contributed by atoms with Gasteiger partial charge in [-0.1, -0.05) is 55.5 Å². The number of para-hydroxylation sites is 1. The van der Waals surface area contributed by atoms with Gasteiger partial charge < -0.3 is 23.2 Å². The second kappa shape index (κ2) is 9.88. The first kappa shape index (κ1) is 26.8. The second-order valence-electron chi connectivity index (χ2n) is 11.1. The van der Waals surface area contributed by atoms with Crippen LogP contribution in [-0.4, -0.2) is 27.5 Å². The monoisotopic (exact) mass is 600 g/mol. The van der Waals surface area contributed by atoms with Gasteiger partial charge in [0.25, 0.3) is 5.56 Å². The summed E-state index contributed by atoms with van der Waals surface area (Å²) in [5.74, 6) is -2.57. The molecule has 0 spiro atoms. The van der Waals surface area contributed by atoms with E-state index in [1.54, 1.807) is 23.6 Å². The Hall–Kier alpha value is -5.77. The number of pyridine rings is 2. The largest absolute Gasteiger partial charge is 0.457 e. The lowest BCUT2D eigenvalue weighted by Gasteiger charge is -2.35. The van der Waals surface area contributed by atoms with E-state index in [0.29, 0.717) is 17.9 Å². The van der Waals surface area contributed by atoms with Gasteiger partial charge in [-0.15, -0.1) is 0 Å². The minimum absolute atomic E-state index is 0.0176. The number of benzene rings is 3. The van der Waals surface area contributed by atoms with E-state index in [-0.39, 0.29) is 58.6 Å². The van der Waals surface area contributed by atoms with Crippen molar-refractivity contribution in [3.8, 4) is 11.4 Å². The van der Waals surface area contributed by atoms with Gasteiger partial charge in [-0.3, -0.25) is 4.79 Å². The van der Waals surface area contributed by atoms with Gasteiger partial charge in [-0.2, -0.15) is 0 Å². The number of hydrogen-bond donors (Lipinski definition) is 0. The third-order valence-electron chi connectivity index (χ3n) is 8.62. The van der Waals surface area contributed by atoms with Crippen LogP contribution in [0, 0.1) is 0 Å². The molecule has 0 unspecified atom stereocenters. The summed E-state index contributed by atoms with van der Waals surface area (Å²) in [5, 5.41) is 0.945. The van der Waals surface area contributed by atoms with Gasteiger partial charge in [-0.25, -0.2) is 19.4 Å². The minimum Gasteiger partial charge on any atom is -0.457 e. The van der Waals surface area contributed by atoms with E-state index in [1.165, 1.54) is 6.07 Å². The highest BCUT2D eigenvalue weighted by molar-refractivity contribution is 6.13. The number of nitrogens with zero attached hydrogens (tertiary/aromatic N) is 2. The van der Waals surface area contributed by atoms with Gasteiger partial charge in [0.2, 0.25) is 5.60 Å². The summed E-state index contributed by atoms with van der Waals surface area (Å²) in [4.78, 5) is 59.4. The first-order valence-corrected chi connectivity index (χ1v) is 14.5. The van der Waals surface area contributed by atoms with Crippen LogP contribution in [0.2, 0.25) is 0 Å². The van der Waals surface area contributed by atoms with E-state index in [1.807, 2.05) is 60.7 Å². The topological polar surface area (TPSA) is 127 Å².